The second-order valence-corrected chi connectivity index (χ2v) is 5.88. The topological polar surface area (TPSA) is 45.7 Å². The van der Waals surface area contributed by atoms with Crippen LogP contribution in [0.1, 0.15) is 65.2 Å². The van der Waals surface area contributed by atoms with E-state index in [1.165, 1.54) is 38.5 Å². The van der Waals surface area contributed by atoms with E-state index >= 15 is 0 Å². The van der Waals surface area contributed by atoms with Crippen molar-refractivity contribution in [3.05, 3.63) is 0 Å². The molecule has 0 aliphatic heterocycles. The van der Waals surface area contributed by atoms with Crippen molar-refractivity contribution < 1.29 is 4.74 Å². The second-order valence-electron chi connectivity index (χ2n) is 5.88. The molecule has 1 fully saturated rings. The van der Waals surface area contributed by atoms with E-state index in [0.29, 0.717) is 0 Å². The van der Waals surface area contributed by atoms with E-state index in [2.05, 4.69) is 22.5 Å². The number of rotatable bonds is 11. The highest BCUT2D eigenvalue weighted by molar-refractivity contribution is 5.79. The van der Waals surface area contributed by atoms with Crippen molar-refractivity contribution in [1.29, 1.82) is 0 Å². The van der Waals surface area contributed by atoms with E-state index in [4.69, 9.17) is 4.74 Å². The Kier molecular flexibility index (Phi) is 11.3. The molecule has 0 aromatic heterocycles. The summed E-state index contributed by atoms with van der Waals surface area (Å²) in [6.07, 6.45) is 10.6. The lowest BCUT2D eigenvalue weighted by molar-refractivity contribution is 0.143. The predicted molar refractivity (Wildman–Crippen MR) is 90.9 cm³/mol. The van der Waals surface area contributed by atoms with Crippen molar-refractivity contribution in [2.75, 3.05) is 32.8 Å². The molecule has 4 heteroatoms. The van der Waals surface area contributed by atoms with Crippen molar-refractivity contribution >= 4 is 5.96 Å². The molecule has 0 unspecified atom stereocenters. The molecule has 0 aromatic carbocycles. The van der Waals surface area contributed by atoms with E-state index in [9.17, 15) is 0 Å². The first-order valence-corrected chi connectivity index (χ1v) is 8.96. The van der Waals surface area contributed by atoms with Gasteiger partial charge >= 0.3 is 0 Å². The van der Waals surface area contributed by atoms with Gasteiger partial charge in [-0.1, -0.05) is 25.7 Å². The number of unbranched alkanes of at least 4 members (excludes halogenated alkanes) is 1. The van der Waals surface area contributed by atoms with E-state index in [-0.39, 0.29) is 0 Å². The van der Waals surface area contributed by atoms with Crippen molar-refractivity contribution in [3.8, 4) is 0 Å². The minimum absolute atomic E-state index is 0.818. The Balaban J connectivity index is 2.07. The molecule has 0 atom stereocenters. The fourth-order valence-electron chi connectivity index (χ4n) is 2.89. The van der Waals surface area contributed by atoms with Gasteiger partial charge in [0, 0.05) is 32.8 Å². The van der Waals surface area contributed by atoms with Crippen molar-refractivity contribution in [2.45, 2.75) is 65.2 Å². The van der Waals surface area contributed by atoms with Crippen LogP contribution in [0, 0.1) is 5.92 Å². The van der Waals surface area contributed by atoms with Crippen LogP contribution in [-0.2, 0) is 4.74 Å². The fourth-order valence-corrected chi connectivity index (χ4v) is 2.89. The van der Waals surface area contributed by atoms with Crippen LogP contribution in [0.2, 0.25) is 0 Å². The SMILES string of the molecule is CCNC(=NCCCC1CCCC1)NCCCCOCC. The van der Waals surface area contributed by atoms with Crippen LogP contribution < -0.4 is 10.6 Å². The second kappa shape index (κ2) is 12.9. The average molecular weight is 297 g/mol. The van der Waals surface area contributed by atoms with Gasteiger partial charge in [0.05, 0.1) is 0 Å². The van der Waals surface area contributed by atoms with Crippen LogP contribution in [-0.4, -0.2) is 38.8 Å². The predicted octanol–water partition coefficient (Wildman–Crippen LogP) is 3.33. The normalized spacial score (nSPS) is 16.4. The van der Waals surface area contributed by atoms with Crippen LogP contribution in [0.3, 0.4) is 0 Å². The molecule has 0 saturated heterocycles. The zero-order valence-corrected chi connectivity index (χ0v) is 14.1. The van der Waals surface area contributed by atoms with Gasteiger partial charge in [-0.15, -0.1) is 0 Å². The van der Waals surface area contributed by atoms with Gasteiger partial charge in [0.25, 0.3) is 0 Å². The fraction of sp³-hybridized carbons (Fsp3) is 0.941. The number of nitrogens with one attached hydrogen (secondary N) is 2. The Morgan fingerprint density at radius 1 is 1.10 bits per heavy atom. The summed E-state index contributed by atoms with van der Waals surface area (Å²) in [7, 11) is 0. The maximum absolute atomic E-state index is 5.34. The van der Waals surface area contributed by atoms with Gasteiger partial charge < -0.3 is 15.4 Å². The number of nitrogens with zero attached hydrogens (tertiary/aromatic N) is 1. The molecule has 0 radical (unpaired) electrons. The molecule has 4 nitrogen and oxygen atoms in total. The van der Waals surface area contributed by atoms with E-state index in [1.807, 2.05) is 6.92 Å². The van der Waals surface area contributed by atoms with Gasteiger partial charge in [-0.2, -0.15) is 0 Å². The highest BCUT2D eigenvalue weighted by Crippen LogP contribution is 2.28. The summed E-state index contributed by atoms with van der Waals surface area (Å²) in [6, 6.07) is 0. The number of guanidine groups is 1. The van der Waals surface area contributed by atoms with Crippen LogP contribution in [0.25, 0.3) is 0 Å². The van der Waals surface area contributed by atoms with Gasteiger partial charge in [-0.25, -0.2) is 0 Å². The quantitative estimate of drug-likeness (QED) is 0.349. The third kappa shape index (κ3) is 9.72. The van der Waals surface area contributed by atoms with Crippen LogP contribution in [0.5, 0.6) is 0 Å². The third-order valence-electron chi connectivity index (χ3n) is 4.07. The minimum Gasteiger partial charge on any atom is -0.382 e. The molecule has 0 heterocycles. The molecular formula is C17H35N3O. The molecule has 1 saturated carbocycles. The zero-order chi connectivity index (χ0) is 15.2. The number of hydrogen-bond acceptors (Lipinski definition) is 2. The van der Waals surface area contributed by atoms with Gasteiger partial charge in [0.15, 0.2) is 5.96 Å². The Hall–Kier alpha value is -0.770. The lowest BCUT2D eigenvalue weighted by Crippen LogP contribution is -2.38. The minimum atomic E-state index is 0.818. The van der Waals surface area contributed by atoms with Crippen LogP contribution in [0.15, 0.2) is 4.99 Å². The number of ether oxygens (including phenoxy) is 1. The lowest BCUT2D eigenvalue weighted by atomic mass is 10.0. The molecule has 0 amide bonds. The Bertz CT molecular complexity index is 263. The molecule has 1 rings (SSSR count). The molecule has 21 heavy (non-hydrogen) atoms. The lowest BCUT2D eigenvalue weighted by Gasteiger charge is -2.12. The molecule has 0 bridgehead atoms. The van der Waals surface area contributed by atoms with Crippen molar-refractivity contribution in [2.24, 2.45) is 10.9 Å². The maximum Gasteiger partial charge on any atom is 0.191 e. The Morgan fingerprint density at radius 2 is 1.90 bits per heavy atom. The molecule has 0 aromatic rings. The highest BCUT2D eigenvalue weighted by atomic mass is 16.5. The van der Waals surface area contributed by atoms with Crippen molar-refractivity contribution in [1.82, 2.24) is 10.6 Å². The van der Waals surface area contributed by atoms with E-state index < -0.39 is 0 Å². The number of aliphatic imine (C=N–C) groups is 1. The average Bonchev–Trinajstić information content (AvgIpc) is 3.00. The van der Waals surface area contributed by atoms with Gasteiger partial charge in [0.2, 0.25) is 0 Å². The first kappa shape index (κ1) is 18.3. The van der Waals surface area contributed by atoms with Crippen LogP contribution >= 0.6 is 0 Å². The molecule has 124 valence electrons. The summed E-state index contributed by atoms with van der Waals surface area (Å²) in [6.45, 7) is 8.69. The highest BCUT2D eigenvalue weighted by Gasteiger charge is 2.13. The summed E-state index contributed by atoms with van der Waals surface area (Å²) in [5.41, 5.74) is 0. The Morgan fingerprint density at radius 3 is 2.62 bits per heavy atom. The zero-order valence-electron chi connectivity index (χ0n) is 14.1. The summed E-state index contributed by atoms with van der Waals surface area (Å²) in [5.74, 6) is 1.95. The first-order valence-electron chi connectivity index (χ1n) is 8.96. The summed E-state index contributed by atoms with van der Waals surface area (Å²) >= 11 is 0. The standard InChI is InChI=1S/C17H35N3O/c1-3-18-17(19-13-7-8-15-21-4-2)20-14-9-12-16-10-5-6-11-16/h16H,3-15H2,1-2H3,(H2,18,19,20). The van der Waals surface area contributed by atoms with Gasteiger partial charge in [-0.3, -0.25) is 4.99 Å². The van der Waals surface area contributed by atoms with Crippen molar-refractivity contribution in [3.63, 3.8) is 0 Å². The van der Waals surface area contributed by atoms with E-state index in [1.54, 1.807) is 0 Å². The Labute approximate surface area is 131 Å². The molecule has 0 spiro atoms. The van der Waals surface area contributed by atoms with E-state index in [0.717, 1.165) is 57.6 Å². The van der Waals surface area contributed by atoms with Crippen LogP contribution in [0.4, 0.5) is 0 Å². The molecule has 1 aliphatic carbocycles. The summed E-state index contributed by atoms with van der Waals surface area (Å²) < 4.78 is 5.34. The summed E-state index contributed by atoms with van der Waals surface area (Å²) in [4.78, 5) is 4.67. The van der Waals surface area contributed by atoms with Gasteiger partial charge in [0.1, 0.15) is 0 Å². The maximum atomic E-state index is 5.34. The largest absolute Gasteiger partial charge is 0.382 e. The molecule has 1 aliphatic rings. The smallest absolute Gasteiger partial charge is 0.191 e. The summed E-state index contributed by atoms with van der Waals surface area (Å²) in [5, 5.41) is 6.73. The molecular weight excluding hydrogens is 262 g/mol. The van der Waals surface area contributed by atoms with Gasteiger partial charge in [-0.05, 0) is 45.4 Å². The third-order valence-corrected chi connectivity index (χ3v) is 4.07. The molecule has 2 N–H and O–H groups in total. The first-order chi connectivity index (χ1) is 10.4. The monoisotopic (exact) mass is 297 g/mol. The number of hydrogen-bond donors (Lipinski definition) is 2.